The second kappa shape index (κ2) is 9.33. The first-order chi connectivity index (χ1) is 14.6. The standard InChI is InChI=1S/C22H29N3O5S/c1-16-12-18(13-17(2)23-16)14-30-19-4-6-20(7-5-19)31(28,29)15-22(21(26)24-27)8-10-25(3)11-9-22/h4-7,12-13,27H,8-11,14-15H2,1-3H3,(H,24,26). The van der Waals surface area contributed by atoms with Crippen LogP contribution in [0.15, 0.2) is 41.3 Å². The number of sulfone groups is 1. The number of hydrogen-bond acceptors (Lipinski definition) is 7. The molecule has 0 spiro atoms. The SMILES string of the molecule is Cc1cc(COc2ccc(S(=O)(=O)CC3(C(=O)NO)CCN(C)CC3)cc2)cc(C)n1. The van der Waals surface area contributed by atoms with Crippen LogP contribution in [-0.4, -0.2) is 55.3 Å². The Morgan fingerprint density at radius 3 is 2.29 bits per heavy atom. The monoisotopic (exact) mass is 447 g/mol. The first kappa shape index (κ1) is 23.2. The third kappa shape index (κ3) is 5.61. The van der Waals surface area contributed by atoms with Crippen molar-refractivity contribution in [3.63, 3.8) is 0 Å². The molecule has 8 nitrogen and oxygen atoms in total. The van der Waals surface area contributed by atoms with Gasteiger partial charge in [0.2, 0.25) is 0 Å². The molecule has 2 aromatic rings. The van der Waals surface area contributed by atoms with Gasteiger partial charge in [0.15, 0.2) is 9.84 Å². The molecular formula is C22H29N3O5S. The Balaban J connectivity index is 1.72. The molecule has 1 aliphatic rings. The molecule has 1 aromatic carbocycles. The van der Waals surface area contributed by atoms with Gasteiger partial charge in [0.25, 0.3) is 5.91 Å². The maximum atomic E-state index is 13.1. The average molecular weight is 448 g/mol. The van der Waals surface area contributed by atoms with Gasteiger partial charge >= 0.3 is 0 Å². The van der Waals surface area contributed by atoms with Gasteiger partial charge in [-0.3, -0.25) is 15.0 Å². The van der Waals surface area contributed by atoms with Crippen LogP contribution in [0, 0.1) is 19.3 Å². The summed E-state index contributed by atoms with van der Waals surface area (Å²) in [5.74, 6) is -0.448. The van der Waals surface area contributed by atoms with Crippen LogP contribution in [0.3, 0.4) is 0 Å². The van der Waals surface area contributed by atoms with Crippen molar-refractivity contribution in [1.82, 2.24) is 15.4 Å². The molecule has 31 heavy (non-hydrogen) atoms. The number of hydroxylamine groups is 1. The summed E-state index contributed by atoms with van der Waals surface area (Å²) < 4.78 is 31.9. The van der Waals surface area contributed by atoms with E-state index in [1.807, 2.05) is 37.9 Å². The topological polar surface area (TPSA) is 109 Å². The Labute approximate surface area is 183 Å². The van der Waals surface area contributed by atoms with E-state index in [4.69, 9.17) is 4.74 Å². The minimum Gasteiger partial charge on any atom is -0.489 e. The molecule has 1 aliphatic heterocycles. The lowest BCUT2D eigenvalue weighted by Gasteiger charge is -2.38. The molecule has 0 unspecified atom stereocenters. The highest BCUT2D eigenvalue weighted by Gasteiger charge is 2.44. The normalized spacial score (nSPS) is 16.6. The zero-order valence-electron chi connectivity index (χ0n) is 18.1. The van der Waals surface area contributed by atoms with E-state index in [2.05, 4.69) is 4.98 Å². The summed E-state index contributed by atoms with van der Waals surface area (Å²) in [6, 6.07) is 10.1. The number of carbonyl (C=O) groups is 1. The highest BCUT2D eigenvalue weighted by Crippen LogP contribution is 2.35. The van der Waals surface area contributed by atoms with Crippen LogP contribution < -0.4 is 10.2 Å². The summed E-state index contributed by atoms with van der Waals surface area (Å²) in [7, 11) is -1.82. The quantitative estimate of drug-likeness (QED) is 0.495. The highest BCUT2D eigenvalue weighted by molar-refractivity contribution is 7.91. The summed E-state index contributed by atoms with van der Waals surface area (Å²) in [6.45, 7) is 5.37. The number of ether oxygens (including phenoxy) is 1. The number of hydrogen-bond donors (Lipinski definition) is 2. The van der Waals surface area contributed by atoms with E-state index in [0.717, 1.165) is 17.0 Å². The van der Waals surface area contributed by atoms with Crippen molar-refractivity contribution < 1.29 is 23.2 Å². The summed E-state index contributed by atoms with van der Waals surface area (Å²) >= 11 is 0. The second-order valence-corrected chi connectivity index (χ2v) is 10.3. The summed E-state index contributed by atoms with van der Waals surface area (Å²) in [6.07, 6.45) is 0.724. The average Bonchev–Trinajstić information content (AvgIpc) is 2.73. The van der Waals surface area contributed by atoms with Gasteiger partial charge < -0.3 is 9.64 Å². The first-order valence-corrected chi connectivity index (χ1v) is 11.8. The van der Waals surface area contributed by atoms with E-state index in [9.17, 15) is 18.4 Å². The van der Waals surface area contributed by atoms with Crippen LogP contribution in [0.2, 0.25) is 0 Å². The minimum atomic E-state index is -3.74. The Kier molecular flexibility index (Phi) is 6.98. The van der Waals surface area contributed by atoms with Crippen molar-refractivity contribution in [3.05, 3.63) is 53.3 Å². The molecule has 0 bridgehead atoms. The second-order valence-electron chi connectivity index (χ2n) is 8.30. The number of aryl methyl sites for hydroxylation is 2. The molecule has 0 radical (unpaired) electrons. The van der Waals surface area contributed by atoms with Crippen LogP contribution in [0.1, 0.15) is 29.8 Å². The van der Waals surface area contributed by atoms with Crippen LogP contribution in [0.25, 0.3) is 0 Å². The van der Waals surface area contributed by atoms with Crippen molar-refractivity contribution >= 4 is 15.7 Å². The van der Waals surface area contributed by atoms with Gasteiger partial charge in [-0.2, -0.15) is 0 Å². The van der Waals surface area contributed by atoms with Gasteiger partial charge in [-0.05, 0) is 88.8 Å². The van der Waals surface area contributed by atoms with Gasteiger partial charge in [-0.15, -0.1) is 0 Å². The van der Waals surface area contributed by atoms with E-state index in [1.165, 1.54) is 12.1 Å². The molecule has 168 valence electrons. The maximum absolute atomic E-state index is 13.1. The number of pyridine rings is 1. The molecule has 3 rings (SSSR count). The third-order valence-corrected chi connectivity index (χ3v) is 7.65. The maximum Gasteiger partial charge on any atom is 0.250 e. The molecule has 2 N–H and O–H groups in total. The van der Waals surface area contributed by atoms with Gasteiger partial charge in [0.05, 0.1) is 16.1 Å². The lowest BCUT2D eigenvalue weighted by Crippen LogP contribution is -2.50. The minimum absolute atomic E-state index is 0.125. The zero-order chi connectivity index (χ0) is 22.6. The lowest BCUT2D eigenvalue weighted by atomic mass is 9.79. The number of benzene rings is 1. The predicted molar refractivity (Wildman–Crippen MR) is 116 cm³/mol. The fourth-order valence-corrected chi connectivity index (χ4v) is 5.83. The molecule has 0 saturated carbocycles. The number of piperidine rings is 1. The molecule has 1 saturated heterocycles. The Morgan fingerprint density at radius 2 is 1.74 bits per heavy atom. The fraction of sp³-hybridized carbons (Fsp3) is 0.455. The van der Waals surface area contributed by atoms with Crippen molar-refractivity contribution in [2.75, 3.05) is 25.9 Å². The summed E-state index contributed by atoms with van der Waals surface area (Å²) in [5.41, 5.74) is 3.33. The molecule has 9 heteroatoms. The van der Waals surface area contributed by atoms with E-state index < -0.39 is 21.2 Å². The van der Waals surface area contributed by atoms with Crippen molar-refractivity contribution in [1.29, 1.82) is 0 Å². The van der Waals surface area contributed by atoms with Crippen LogP contribution in [-0.2, 0) is 21.2 Å². The molecule has 0 atom stereocenters. The lowest BCUT2D eigenvalue weighted by molar-refractivity contribution is -0.141. The van der Waals surface area contributed by atoms with Crippen molar-refractivity contribution in [3.8, 4) is 5.75 Å². The van der Waals surface area contributed by atoms with Crippen molar-refractivity contribution in [2.45, 2.75) is 38.2 Å². The summed E-state index contributed by atoms with van der Waals surface area (Å²) in [4.78, 5) is 18.9. The van der Waals surface area contributed by atoms with Crippen molar-refractivity contribution in [2.24, 2.45) is 5.41 Å². The van der Waals surface area contributed by atoms with E-state index in [-0.39, 0.29) is 10.6 Å². The number of nitrogens with one attached hydrogen (secondary N) is 1. The number of rotatable bonds is 7. The largest absolute Gasteiger partial charge is 0.489 e. The molecule has 0 aliphatic carbocycles. The van der Waals surface area contributed by atoms with E-state index >= 15 is 0 Å². The predicted octanol–water partition coefficient (Wildman–Crippen LogP) is 2.27. The van der Waals surface area contributed by atoms with E-state index in [0.29, 0.717) is 38.3 Å². The van der Waals surface area contributed by atoms with Gasteiger partial charge in [-0.25, -0.2) is 13.9 Å². The smallest absolute Gasteiger partial charge is 0.250 e. The van der Waals surface area contributed by atoms with Gasteiger partial charge in [0, 0.05) is 11.4 Å². The highest BCUT2D eigenvalue weighted by atomic mass is 32.2. The van der Waals surface area contributed by atoms with E-state index in [1.54, 1.807) is 17.6 Å². The van der Waals surface area contributed by atoms with Crippen LogP contribution >= 0.6 is 0 Å². The van der Waals surface area contributed by atoms with Crippen LogP contribution in [0.5, 0.6) is 5.75 Å². The Bertz CT molecular complexity index is 1010. The molecule has 1 aromatic heterocycles. The zero-order valence-corrected chi connectivity index (χ0v) is 18.9. The number of likely N-dealkylation sites (tertiary alicyclic amines) is 1. The number of amides is 1. The van der Waals surface area contributed by atoms with Gasteiger partial charge in [-0.1, -0.05) is 0 Å². The third-order valence-electron chi connectivity index (χ3n) is 5.72. The number of nitrogens with zero attached hydrogens (tertiary/aromatic N) is 2. The molecule has 1 fully saturated rings. The Hall–Kier alpha value is -2.49. The molecule has 1 amide bonds. The first-order valence-electron chi connectivity index (χ1n) is 10.2. The summed E-state index contributed by atoms with van der Waals surface area (Å²) in [5, 5.41) is 9.18. The van der Waals surface area contributed by atoms with Gasteiger partial charge in [0.1, 0.15) is 12.4 Å². The fourth-order valence-electron chi connectivity index (χ4n) is 3.96. The Morgan fingerprint density at radius 1 is 1.16 bits per heavy atom. The number of carbonyl (C=O) groups excluding carboxylic acids is 1. The van der Waals surface area contributed by atoms with Crippen LogP contribution in [0.4, 0.5) is 0 Å². The molecule has 2 heterocycles. The number of aromatic nitrogens is 1. The molecular weight excluding hydrogens is 418 g/mol.